The number of ether oxygens (including phenoxy) is 2. The molecule has 1 fully saturated rings. The summed E-state index contributed by atoms with van der Waals surface area (Å²) in [6.07, 6.45) is 7.13. The Morgan fingerprint density at radius 2 is 2.00 bits per heavy atom. The van der Waals surface area contributed by atoms with Crippen molar-refractivity contribution in [3.63, 3.8) is 0 Å². The largest absolute Gasteiger partial charge is 0.477 e. The third-order valence-corrected chi connectivity index (χ3v) is 5.47. The lowest BCUT2D eigenvalue weighted by molar-refractivity contribution is 0.0981. The molecule has 0 aliphatic heterocycles. The van der Waals surface area contributed by atoms with Crippen LogP contribution in [0, 0.1) is 0 Å². The van der Waals surface area contributed by atoms with Gasteiger partial charge in [-0.05, 0) is 50.8 Å². The summed E-state index contributed by atoms with van der Waals surface area (Å²) in [5.41, 5.74) is 0.110. The van der Waals surface area contributed by atoms with E-state index in [1.165, 1.54) is 30.6 Å². The minimum atomic E-state index is -4.14. The second kappa shape index (κ2) is 8.34. The van der Waals surface area contributed by atoms with Crippen LogP contribution in [-0.4, -0.2) is 37.0 Å². The number of carbonyl (C=O) groups is 1. The standard InChI is InChI=1S/C18H21N3O5S/c1-2-25-18-15(8-5-11-19-18)27(23,24)21-17(22)13-9-10-16(20-12-13)26-14-6-3-4-7-14/h5,8-12,14H,2-4,6-7H2,1H3,(H,21,22). The molecule has 1 N–H and O–H groups in total. The van der Waals surface area contributed by atoms with Gasteiger partial charge in [-0.2, -0.15) is 0 Å². The molecule has 9 heteroatoms. The highest BCUT2D eigenvalue weighted by Crippen LogP contribution is 2.23. The van der Waals surface area contributed by atoms with E-state index in [4.69, 9.17) is 9.47 Å². The molecule has 1 aliphatic carbocycles. The predicted molar refractivity (Wildman–Crippen MR) is 97.2 cm³/mol. The molecular formula is C18H21N3O5S. The third-order valence-electron chi connectivity index (χ3n) is 4.12. The average molecular weight is 391 g/mol. The van der Waals surface area contributed by atoms with Crippen LogP contribution in [0.2, 0.25) is 0 Å². The molecule has 2 heterocycles. The normalized spacial score (nSPS) is 14.7. The maximum absolute atomic E-state index is 12.5. The maximum Gasteiger partial charge on any atom is 0.269 e. The van der Waals surface area contributed by atoms with Crippen molar-refractivity contribution in [2.24, 2.45) is 0 Å². The maximum atomic E-state index is 12.5. The van der Waals surface area contributed by atoms with Gasteiger partial charge in [0.1, 0.15) is 11.0 Å². The van der Waals surface area contributed by atoms with Gasteiger partial charge in [0, 0.05) is 18.5 Å². The lowest BCUT2D eigenvalue weighted by Gasteiger charge is -2.12. The molecule has 0 aromatic carbocycles. The first-order chi connectivity index (χ1) is 13.0. The van der Waals surface area contributed by atoms with Gasteiger partial charge >= 0.3 is 0 Å². The molecule has 144 valence electrons. The number of rotatable bonds is 7. The van der Waals surface area contributed by atoms with E-state index < -0.39 is 15.9 Å². The van der Waals surface area contributed by atoms with Crippen LogP contribution in [0.25, 0.3) is 0 Å². The summed E-state index contributed by atoms with van der Waals surface area (Å²) >= 11 is 0. The fourth-order valence-electron chi connectivity index (χ4n) is 2.82. The van der Waals surface area contributed by atoms with Gasteiger partial charge in [-0.3, -0.25) is 4.79 Å². The van der Waals surface area contributed by atoms with E-state index in [2.05, 4.69) is 9.97 Å². The molecule has 0 atom stereocenters. The van der Waals surface area contributed by atoms with Crippen molar-refractivity contribution in [1.82, 2.24) is 14.7 Å². The molecule has 0 saturated heterocycles. The van der Waals surface area contributed by atoms with E-state index in [0.717, 1.165) is 25.7 Å². The molecule has 0 bridgehead atoms. The summed E-state index contributed by atoms with van der Waals surface area (Å²) in [6.45, 7) is 1.96. The Bertz CT molecular complexity index is 893. The van der Waals surface area contributed by atoms with Gasteiger partial charge in [0.25, 0.3) is 15.9 Å². The molecule has 2 aromatic rings. The van der Waals surface area contributed by atoms with Crippen LogP contribution >= 0.6 is 0 Å². The highest BCUT2D eigenvalue weighted by atomic mass is 32.2. The van der Waals surface area contributed by atoms with E-state index in [9.17, 15) is 13.2 Å². The van der Waals surface area contributed by atoms with Crippen LogP contribution in [0.4, 0.5) is 0 Å². The minimum absolute atomic E-state index is 0.0567. The van der Waals surface area contributed by atoms with Gasteiger partial charge in [-0.15, -0.1) is 0 Å². The summed E-state index contributed by atoms with van der Waals surface area (Å²) in [6, 6.07) is 5.83. The van der Waals surface area contributed by atoms with Gasteiger partial charge in [0.15, 0.2) is 0 Å². The Hall–Kier alpha value is -2.68. The van der Waals surface area contributed by atoms with Crippen molar-refractivity contribution in [2.75, 3.05) is 6.61 Å². The summed E-state index contributed by atoms with van der Waals surface area (Å²) in [4.78, 5) is 20.1. The number of sulfonamides is 1. The second-order valence-electron chi connectivity index (χ2n) is 6.08. The summed E-state index contributed by atoms with van der Waals surface area (Å²) in [7, 11) is -4.14. The molecular weight excluding hydrogens is 370 g/mol. The lowest BCUT2D eigenvalue weighted by Crippen LogP contribution is -2.31. The number of nitrogens with one attached hydrogen (secondary N) is 1. The number of aromatic nitrogens is 2. The Kier molecular flexibility index (Phi) is 5.90. The van der Waals surface area contributed by atoms with Crippen LogP contribution in [0.1, 0.15) is 43.0 Å². The zero-order valence-corrected chi connectivity index (χ0v) is 15.7. The molecule has 1 amide bonds. The van der Waals surface area contributed by atoms with E-state index >= 15 is 0 Å². The SMILES string of the molecule is CCOc1ncccc1S(=O)(=O)NC(=O)c1ccc(OC2CCCC2)nc1. The fraction of sp³-hybridized carbons (Fsp3) is 0.389. The number of amides is 1. The van der Waals surface area contributed by atoms with E-state index in [-0.39, 0.29) is 29.0 Å². The number of carbonyl (C=O) groups excluding carboxylic acids is 1. The second-order valence-corrected chi connectivity index (χ2v) is 7.73. The molecule has 0 spiro atoms. The van der Waals surface area contributed by atoms with Crippen molar-refractivity contribution < 1.29 is 22.7 Å². The highest BCUT2D eigenvalue weighted by molar-refractivity contribution is 7.90. The first kappa shape index (κ1) is 19.1. The van der Waals surface area contributed by atoms with Crippen LogP contribution in [0.3, 0.4) is 0 Å². The first-order valence-corrected chi connectivity index (χ1v) is 10.3. The Morgan fingerprint density at radius 3 is 2.67 bits per heavy atom. The fourth-order valence-corrected chi connectivity index (χ4v) is 3.89. The van der Waals surface area contributed by atoms with Gasteiger partial charge in [0.2, 0.25) is 11.8 Å². The molecule has 27 heavy (non-hydrogen) atoms. The zero-order chi connectivity index (χ0) is 19.3. The Balaban J connectivity index is 1.70. The molecule has 8 nitrogen and oxygen atoms in total. The number of hydrogen-bond acceptors (Lipinski definition) is 7. The van der Waals surface area contributed by atoms with Gasteiger partial charge < -0.3 is 9.47 Å². The summed E-state index contributed by atoms with van der Waals surface area (Å²) < 4.78 is 38.0. The van der Waals surface area contributed by atoms with Crippen LogP contribution < -0.4 is 14.2 Å². The Labute approximate surface area is 158 Å². The van der Waals surface area contributed by atoms with Crippen LogP contribution in [0.5, 0.6) is 11.8 Å². The quantitative estimate of drug-likeness (QED) is 0.772. The third kappa shape index (κ3) is 4.73. The Morgan fingerprint density at radius 1 is 1.22 bits per heavy atom. The topological polar surface area (TPSA) is 107 Å². The van der Waals surface area contributed by atoms with Crippen molar-refractivity contribution >= 4 is 15.9 Å². The molecule has 3 rings (SSSR count). The predicted octanol–water partition coefficient (Wildman–Crippen LogP) is 2.32. The number of pyridine rings is 2. The van der Waals surface area contributed by atoms with Crippen molar-refractivity contribution in [3.8, 4) is 11.8 Å². The molecule has 2 aromatic heterocycles. The number of hydrogen-bond donors (Lipinski definition) is 1. The van der Waals surface area contributed by atoms with E-state index in [1.54, 1.807) is 13.0 Å². The van der Waals surface area contributed by atoms with Crippen molar-refractivity contribution in [2.45, 2.75) is 43.6 Å². The zero-order valence-electron chi connectivity index (χ0n) is 14.9. The van der Waals surface area contributed by atoms with E-state index in [0.29, 0.717) is 5.88 Å². The molecule has 1 aliphatic rings. The lowest BCUT2D eigenvalue weighted by atomic mass is 10.3. The van der Waals surface area contributed by atoms with Crippen molar-refractivity contribution in [1.29, 1.82) is 0 Å². The van der Waals surface area contributed by atoms with Crippen molar-refractivity contribution in [3.05, 3.63) is 42.2 Å². The highest BCUT2D eigenvalue weighted by Gasteiger charge is 2.24. The van der Waals surface area contributed by atoms with Gasteiger partial charge in [0.05, 0.1) is 12.2 Å². The molecule has 0 radical (unpaired) electrons. The smallest absolute Gasteiger partial charge is 0.269 e. The van der Waals surface area contributed by atoms with Gasteiger partial charge in [-0.25, -0.2) is 23.1 Å². The van der Waals surface area contributed by atoms with E-state index in [1.807, 2.05) is 4.72 Å². The van der Waals surface area contributed by atoms with Crippen LogP contribution in [0.15, 0.2) is 41.6 Å². The monoisotopic (exact) mass is 391 g/mol. The summed E-state index contributed by atoms with van der Waals surface area (Å²) in [5.74, 6) is -0.424. The van der Waals surface area contributed by atoms with Gasteiger partial charge in [-0.1, -0.05) is 0 Å². The average Bonchev–Trinajstić information content (AvgIpc) is 3.15. The van der Waals surface area contributed by atoms with Crippen LogP contribution in [-0.2, 0) is 10.0 Å². The molecule has 1 saturated carbocycles. The molecule has 0 unspecified atom stereocenters. The minimum Gasteiger partial charge on any atom is -0.477 e. The summed E-state index contributed by atoms with van der Waals surface area (Å²) in [5, 5.41) is 0. The number of nitrogens with zero attached hydrogens (tertiary/aromatic N) is 2. The first-order valence-electron chi connectivity index (χ1n) is 8.77.